The summed E-state index contributed by atoms with van der Waals surface area (Å²) in [6.45, 7) is 1.40. The third-order valence-electron chi connectivity index (χ3n) is 4.25. The van der Waals surface area contributed by atoms with Gasteiger partial charge in [0.15, 0.2) is 0 Å². The van der Waals surface area contributed by atoms with E-state index < -0.39 is 10.9 Å². The molecule has 0 fully saturated rings. The van der Waals surface area contributed by atoms with Crippen LogP contribution in [0.5, 0.6) is 0 Å². The normalized spacial score (nSPS) is 10.7. The quantitative estimate of drug-likeness (QED) is 0.228. The number of methoxy groups -OCH3 is 1. The van der Waals surface area contributed by atoms with Crippen LogP contribution in [0.4, 0.5) is 17.1 Å². The number of esters is 1. The maximum atomic E-state index is 11.7. The Hall–Kier alpha value is -3.98. The second-order valence-electron chi connectivity index (χ2n) is 6.56. The van der Waals surface area contributed by atoms with Crippen LogP contribution in [0.2, 0.25) is 0 Å². The van der Waals surface area contributed by atoms with Crippen LogP contribution in [0.1, 0.15) is 22.8 Å². The zero-order valence-corrected chi connectivity index (χ0v) is 18.1. The highest BCUT2D eigenvalue weighted by atomic mass is 32.2. The van der Waals surface area contributed by atoms with E-state index in [2.05, 4.69) is 15.0 Å². The molecule has 0 unspecified atom stereocenters. The summed E-state index contributed by atoms with van der Waals surface area (Å²) in [6.07, 6.45) is 1.51. The molecular weight excluding hydrogens is 430 g/mol. The Morgan fingerprint density at radius 1 is 1.06 bits per heavy atom. The molecule has 0 aliphatic rings. The monoisotopic (exact) mass is 449 g/mol. The molecule has 0 aliphatic heterocycles. The van der Waals surface area contributed by atoms with Gasteiger partial charge in [0.25, 0.3) is 5.69 Å². The zero-order valence-electron chi connectivity index (χ0n) is 17.3. The summed E-state index contributed by atoms with van der Waals surface area (Å²) in [7, 11) is 1.31. The van der Waals surface area contributed by atoms with Crippen LogP contribution in [0.25, 0.3) is 0 Å². The lowest BCUT2D eigenvalue weighted by Gasteiger charge is -2.10. The molecule has 3 rings (SSSR count). The summed E-state index contributed by atoms with van der Waals surface area (Å²) >= 11 is 1.20. The Labute approximate surface area is 188 Å². The molecule has 0 radical (unpaired) electrons. The molecule has 0 aromatic heterocycles. The number of carbonyl (C=O) groups is 2. The van der Waals surface area contributed by atoms with Gasteiger partial charge in [-0.25, -0.2) is 4.79 Å². The number of anilines is 1. The molecule has 0 spiro atoms. The highest BCUT2D eigenvalue weighted by Gasteiger charge is 2.17. The summed E-state index contributed by atoms with van der Waals surface area (Å²) in [6, 6.07) is 18.4. The minimum Gasteiger partial charge on any atom is -0.465 e. The van der Waals surface area contributed by atoms with Crippen molar-refractivity contribution in [1.82, 2.24) is 0 Å². The Kier molecular flexibility index (Phi) is 7.35. The number of benzene rings is 3. The summed E-state index contributed by atoms with van der Waals surface area (Å²) in [5.74, 6) is -0.664. The van der Waals surface area contributed by atoms with E-state index in [1.165, 1.54) is 38.1 Å². The third-order valence-corrected chi connectivity index (χ3v) is 5.39. The van der Waals surface area contributed by atoms with Crippen molar-refractivity contribution < 1.29 is 19.2 Å². The van der Waals surface area contributed by atoms with Crippen molar-refractivity contribution in [1.29, 1.82) is 0 Å². The molecule has 1 N–H and O–H groups in total. The molecule has 0 bridgehead atoms. The van der Waals surface area contributed by atoms with Gasteiger partial charge in [-0.05, 0) is 48.0 Å². The van der Waals surface area contributed by atoms with E-state index in [4.69, 9.17) is 0 Å². The fourth-order valence-corrected chi connectivity index (χ4v) is 3.75. The number of nitro groups is 1. The van der Waals surface area contributed by atoms with Gasteiger partial charge in [-0.1, -0.05) is 30.0 Å². The van der Waals surface area contributed by atoms with Gasteiger partial charge in [0.05, 0.1) is 33.9 Å². The van der Waals surface area contributed by atoms with Crippen molar-refractivity contribution in [3.8, 4) is 0 Å². The molecule has 0 saturated heterocycles. The van der Waals surface area contributed by atoms with E-state index in [1.54, 1.807) is 60.7 Å². The molecule has 1 amide bonds. The van der Waals surface area contributed by atoms with Crippen molar-refractivity contribution in [3.63, 3.8) is 0 Å². The second-order valence-corrected chi connectivity index (χ2v) is 7.64. The fourth-order valence-electron chi connectivity index (χ4n) is 2.76. The number of carbonyl (C=O) groups excluding carboxylic acids is 2. The number of aliphatic imine (C=N–C) groups is 1. The highest BCUT2D eigenvalue weighted by Crippen LogP contribution is 2.38. The number of nitrogens with one attached hydrogen (secondary N) is 1. The van der Waals surface area contributed by atoms with Gasteiger partial charge in [-0.2, -0.15) is 0 Å². The van der Waals surface area contributed by atoms with E-state index in [1.807, 2.05) is 0 Å². The number of nitrogens with zero attached hydrogens (tertiary/aromatic N) is 2. The summed E-state index contributed by atoms with van der Waals surface area (Å²) in [5.41, 5.74) is 2.05. The van der Waals surface area contributed by atoms with E-state index in [0.29, 0.717) is 32.3 Å². The number of nitro benzene ring substituents is 1. The van der Waals surface area contributed by atoms with Gasteiger partial charge in [-0.3, -0.25) is 19.9 Å². The number of para-hydroxylation sites is 1. The number of amides is 1. The lowest BCUT2D eigenvalue weighted by molar-refractivity contribution is -0.387. The Bertz CT molecular complexity index is 1190. The highest BCUT2D eigenvalue weighted by molar-refractivity contribution is 7.99. The number of rotatable bonds is 7. The Morgan fingerprint density at radius 3 is 2.44 bits per heavy atom. The molecule has 9 heteroatoms. The number of hydrogen-bond acceptors (Lipinski definition) is 7. The van der Waals surface area contributed by atoms with Crippen molar-refractivity contribution in [2.75, 3.05) is 12.4 Å². The molecule has 3 aromatic rings. The van der Waals surface area contributed by atoms with Gasteiger partial charge in [0.2, 0.25) is 5.91 Å². The minimum atomic E-state index is -0.453. The van der Waals surface area contributed by atoms with Crippen LogP contribution in [-0.2, 0) is 9.53 Å². The topological polar surface area (TPSA) is 111 Å². The SMILES string of the molecule is COC(=O)c1ccc(N=Cc2ccc(Sc3ccccc3NC(C)=O)c([N+](=O)[O-])c2)cc1. The first-order chi connectivity index (χ1) is 15.4. The van der Waals surface area contributed by atoms with Gasteiger partial charge >= 0.3 is 5.97 Å². The third kappa shape index (κ3) is 5.79. The van der Waals surface area contributed by atoms with Crippen molar-refractivity contribution >= 4 is 46.9 Å². The number of ether oxygens (including phenoxy) is 1. The fraction of sp³-hybridized carbons (Fsp3) is 0.0870. The van der Waals surface area contributed by atoms with Crippen LogP contribution in [0.15, 0.2) is 81.5 Å². The smallest absolute Gasteiger partial charge is 0.337 e. The first-order valence-electron chi connectivity index (χ1n) is 9.42. The van der Waals surface area contributed by atoms with E-state index in [0.717, 1.165) is 0 Å². The van der Waals surface area contributed by atoms with E-state index in [-0.39, 0.29) is 11.6 Å². The molecule has 0 aliphatic carbocycles. The molecular formula is C23H19N3O5S. The predicted octanol–water partition coefficient (Wildman–Crippen LogP) is 5.24. The molecule has 8 nitrogen and oxygen atoms in total. The first-order valence-corrected chi connectivity index (χ1v) is 10.2. The maximum absolute atomic E-state index is 11.7. The average molecular weight is 449 g/mol. The molecule has 32 heavy (non-hydrogen) atoms. The van der Waals surface area contributed by atoms with Gasteiger partial charge in [0.1, 0.15) is 0 Å². The van der Waals surface area contributed by atoms with Crippen molar-refractivity contribution in [2.24, 2.45) is 4.99 Å². The maximum Gasteiger partial charge on any atom is 0.337 e. The van der Waals surface area contributed by atoms with Gasteiger partial charge in [-0.15, -0.1) is 0 Å². The predicted molar refractivity (Wildman–Crippen MR) is 123 cm³/mol. The summed E-state index contributed by atoms with van der Waals surface area (Å²) < 4.78 is 4.66. The average Bonchev–Trinajstić information content (AvgIpc) is 2.79. The molecule has 0 atom stereocenters. The van der Waals surface area contributed by atoms with Crippen LogP contribution >= 0.6 is 11.8 Å². The lowest BCUT2D eigenvalue weighted by Crippen LogP contribution is -2.06. The Balaban J connectivity index is 1.84. The molecule has 0 heterocycles. The Morgan fingerprint density at radius 2 is 1.78 bits per heavy atom. The summed E-state index contributed by atoms with van der Waals surface area (Å²) in [4.78, 5) is 39.6. The number of hydrogen-bond donors (Lipinski definition) is 1. The minimum absolute atomic E-state index is 0.0717. The van der Waals surface area contributed by atoms with Crippen molar-refractivity contribution in [3.05, 3.63) is 88.0 Å². The standard InChI is InChI=1S/C23H19N3O5S/c1-15(27)25-19-5-3-4-6-21(19)32-22-12-7-16(13-20(22)26(29)30)14-24-18-10-8-17(9-11-18)23(28)31-2/h3-14H,1-2H3,(H,25,27). The van der Waals surface area contributed by atoms with Crippen LogP contribution in [0.3, 0.4) is 0 Å². The summed E-state index contributed by atoms with van der Waals surface area (Å²) in [5, 5.41) is 14.4. The van der Waals surface area contributed by atoms with E-state index in [9.17, 15) is 19.7 Å². The van der Waals surface area contributed by atoms with Gasteiger partial charge in [0, 0.05) is 24.1 Å². The lowest BCUT2D eigenvalue weighted by atomic mass is 10.2. The zero-order chi connectivity index (χ0) is 23.1. The van der Waals surface area contributed by atoms with Crippen molar-refractivity contribution in [2.45, 2.75) is 16.7 Å². The van der Waals surface area contributed by atoms with E-state index >= 15 is 0 Å². The van der Waals surface area contributed by atoms with Crippen LogP contribution in [0, 0.1) is 10.1 Å². The molecule has 162 valence electrons. The molecule has 3 aromatic carbocycles. The van der Waals surface area contributed by atoms with Crippen LogP contribution < -0.4 is 5.32 Å². The largest absolute Gasteiger partial charge is 0.465 e. The van der Waals surface area contributed by atoms with Gasteiger partial charge < -0.3 is 10.1 Å². The van der Waals surface area contributed by atoms with Crippen LogP contribution in [-0.4, -0.2) is 30.1 Å². The molecule has 0 saturated carbocycles. The second kappa shape index (κ2) is 10.4. The first kappa shape index (κ1) is 22.7.